The molecule has 0 fully saturated rings. The fourth-order valence-corrected chi connectivity index (χ4v) is 2.60. The zero-order valence-electron chi connectivity index (χ0n) is 8.56. The first-order valence-electron chi connectivity index (χ1n) is 4.13. The lowest BCUT2D eigenvalue weighted by molar-refractivity contribution is -0.113. The van der Waals surface area contributed by atoms with Crippen LogP contribution in [0.5, 0.6) is 0 Å². The maximum atomic E-state index is 11.1. The monoisotopic (exact) mass is 186 g/mol. The molecule has 0 radical (unpaired) electrons. The fourth-order valence-electron chi connectivity index (χ4n) is 1.04. The van der Waals surface area contributed by atoms with Crippen molar-refractivity contribution in [3.63, 3.8) is 0 Å². The van der Waals surface area contributed by atoms with E-state index in [2.05, 4.69) is 19.6 Å². The SMILES string of the molecule is CC(=O)/C(C[Si](C)(C)C)=C(/C)O. The van der Waals surface area contributed by atoms with Gasteiger partial charge in [-0.3, -0.25) is 4.79 Å². The van der Waals surface area contributed by atoms with Gasteiger partial charge < -0.3 is 5.11 Å². The minimum Gasteiger partial charge on any atom is -0.512 e. The molecule has 0 aliphatic heterocycles. The summed E-state index contributed by atoms with van der Waals surface area (Å²) in [6.45, 7) is 9.63. The van der Waals surface area contributed by atoms with Gasteiger partial charge in [-0.1, -0.05) is 19.6 Å². The summed E-state index contributed by atoms with van der Waals surface area (Å²) in [5.41, 5.74) is 0.606. The summed E-state index contributed by atoms with van der Waals surface area (Å²) in [5.74, 6) is 0.183. The molecule has 0 unspecified atom stereocenters. The molecule has 2 nitrogen and oxygen atoms in total. The molecule has 0 spiro atoms. The first-order chi connectivity index (χ1) is 5.24. The number of Topliss-reactive ketones (excluding diaryl/α,β-unsaturated/α-hetero) is 1. The van der Waals surface area contributed by atoms with Crippen LogP contribution >= 0.6 is 0 Å². The molecule has 0 aliphatic rings. The van der Waals surface area contributed by atoms with Crippen molar-refractivity contribution in [2.75, 3.05) is 0 Å². The number of hydrogen-bond donors (Lipinski definition) is 1. The van der Waals surface area contributed by atoms with Crippen molar-refractivity contribution in [1.82, 2.24) is 0 Å². The predicted octanol–water partition coefficient (Wildman–Crippen LogP) is 2.75. The molecule has 0 saturated carbocycles. The van der Waals surface area contributed by atoms with E-state index in [0.717, 1.165) is 6.04 Å². The van der Waals surface area contributed by atoms with E-state index in [-0.39, 0.29) is 11.5 Å². The zero-order chi connectivity index (χ0) is 9.94. The van der Waals surface area contributed by atoms with Crippen molar-refractivity contribution >= 4 is 13.9 Å². The van der Waals surface area contributed by atoms with Gasteiger partial charge in [0.2, 0.25) is 0 Å². The van der Waals surface area contributed by atoms with E-state index in [1.54, 1.807) is 6.92 Å². The smallest absolute Gasteiger partial charge is 0.158 e. The Bertz CT molecular complexity index is 207. The topological polar surface area (TPSA) is 37.3 Å². The van der Waals surface area contributed by atoms with Crippen LogP contribution in [0.25, 0.3) is 0 Å². The third kappa shape index (κ3) is 4.33. The van der Waals surface area contributed by atoms with E-state index in [9.17, 15) is 9.90 Å². The van der Waals surface area contributed by atoms with Gasteiger partial charge >= 0.3 is 0 Å². The first-order valence-corrected chi connectivity index (χ1v) is 7.84. The maximum Gasteiger partial charge on any atom is 0.158 e. The van der Waals surface area contributed by atoms with Crippen LogP contribution in [0.2, 0.25) is 25.7 Å². The Balaban J connectivity index is 4.60. The molecular weight excluding hydrogens is 168 g/mol. The summed E-state index contributed by atoms with van der Waals surface area (Å²) in [5, 5.41) is 9.23. The van der Waals surface area contributed by atoms with Gasteiger partial charge in [0, 0.05) is 13.6 Å². The third-order valence-corrected chi connectivity index (χ3v) is 2.98. The van der Waals surface area contributed by atoms with Crippen LogP contribution in [-0.4, -0.2) is 19.0 Å². The quantitative estimate of drug-likeness (QED) is 0.418. The number of aliphatic hydroxyl groups is 1. The highest BCUT2D eigenvalue weighted by Crippen LogP contribution is 2.18. The van der Waals surface area contributed by atoms with Crippen molar-refractivity contribution in [2.45, 2.75) is 39.5 Å². The Kier molecular flexibility index (Phi) is 3.71. The lowest BCUT2D eigenvalue weighted by Crippen LogP contribution is -2.22. The van der Waals surface area contributed by atoms with Gasteiger partial charge in [0.15, 0.2) is 5.78 Å². The minimum absolute atomic E-state index is 0.00238. The number of carbonyl (C=O) groups is 1. The molecule has 0 aromatic rings. The van der Waals surface area contributed by atoms with E-state index < -0.39 is 8.07 Å². The normalized spacial score (nSPS) is 14.1. The summed E-state index contributed by atoms with van der Waals surface area (Å²) in [4.78, 5) is 11.1. The number of ketones is 1. The van der Waals surface area contributed by atoms with Crippen LogP contribution in [0.4, 0.5) is 0 Å². The molecule has 70 valence electrons. The van der Waals surface area contributed by atoms with Crippen LogP contribution in [0, 0.1) is 0 Å². The van der Waals surface area contributed by atoms with Gasteiger partial charge in [-0.15, -0.1) is 0 Å². The summed E-state index contributed by atoms with van der Waals surface area (Å²) in [6.07, 6.45) is 0. The Morgan fingerprint density at radius 2 is 1.67 bits per heavy atom. The molecule has 0 bridgehead atoms. The number of aliphatic hydroxyl groups excluding tert-OH is 1. The fraction of sp³-hybridized carbons (Fsp3) is 0.667. The average Bonchev–Trinajstić information content (AvgIpc) is 1.79. The molecule has 0 amide bonds. The molecule has 0 saturated heterocycles. The Morgan fingerprint density at radius 3 is 1.75 bits per heavy atom. The van der Waals surface area contributed by atoms with Crippen LogP contribution in [-0.2, 0) is 4.79 Å². The van der Waals surface area contributed by atoms with Gasteiger partial charge in [-0.05, 0) is 19.9 Å². The average molecular weight is 186 g/mol. The van der Waals surface area contributed by atoms with Crippen molar-refractivity contribution < 1.29 is 9.90 Å². The number of hydrogen-bond acceptors (Lipinski definition) is 2. The van der Waals surface area contributed by atoms with E-state index >= 15 is 0 Å². The standard InChI is InChI=1S/C9H18O2Si/c1-7(10)9(8(2)11)6-12(3,4)5/h10H,6H2,1-5H3/b9-7-. The molecule has 3 heteroatoms. The summed E-state index contributed by atoms with van der Waals surface area (Å²) >= 11 is 0. The van der Waals surface area contributed by atoms with E-state index in [0.29, 0.717) is 5.57 Å². The summed E-state index contributed by atoms with van der Waals surface area (Å²) in [6, 6.07) is 0.769. The van der Waals surface area contributed by atoms with Crippen molar-refractivity contribution in [3.05, 3.63) is 11.3 Å². The molecule has 0 heterocycles. The molecule has 0 aliphatic carbocycles. The van der Waals surface area contributed by atoms with Gasteiger partial charge in [-0.2, -0.15) is 0 Å². The predicted molar refractivity (Wildman–Crippen MR) is 54.2 cm³/mol. The number of carbonyl (C=O) groups excluding carboxylic acids is 1. The van der Waals surface area contributed by atoms with E-state index in [4.69, 9.17) is 0 Å². The second kappa shape index (κ2) is 3.89. The summed E-state index contributed by atoms with van der Waals surface area (Å²) < 4.78 is 0. The Morgan fingerprint density at radius 1 is 1.25 bits per heavy atom. The molecule has 0 aromatic heterocycles. The molecule has 1 N–H and O–H groups in total. The highest BCUT2D eigenvalue weighted by Gasteiger charge is 2.19. The Hall–Kier alpha value is -0.573. The lowest BCUT2D eigenvalue weighted by Gasteiger charge is -2.17. The molecule has 12 heavy (non-hydrogen) atoms. The number of rotatable bonds is 3. The second-order valence-corrected chi connectivity index (χ2v) is 9.83. The molecule has 0 rings (SSSR count). The van der Waals surface area contributed by atoms with Crippen LogP contribution < -0.4 is 0 Å². The second-order valence-electron chi connectivity index (χ2n) is 4.36. The van der Waals surface area contributed by atoms with Gasteiger partial charge in [0.05, 0.1) is 5.76 Å². The molecular formula is C9H18O2Si. The Labute approximate surface area is 75.3 Å². The molecule has 0 atom stereocenters. The van der Waals surface area contributed by atoms with Crippen LogP contribution in [0.3, 0.4) is 0 Å². The van der Waals surface area contributed by atoms with E-state index in [1.165, 1.54) is 6.92 Å². The largest absolute Gasteiger partial charge is 0.512 e. The zero-order valence-corrected chi connectivity index (χ0v) is 9.56. The van der Waals surface area contributed by atoms with E-state index in [1.807, 2.05) is 0 Å². The summed E-state index contributed by atoms with van der Waals surface area (Å²) in [7, 11) is -1.28. The minimum atomic E-state index is -1.28. The van der Waals surface area contributed by atoms with Crippen molar-refractivity contribution in [2.24, 2.45) is 0 Å². The lowest BCUT2D eigenvalue weighted by atomic mass is 10.2. The number of allylic oxidation sites excluding steroid dienone is 2. The highest BCUT2D eigenvalue weighted by atomic mass is 28.3. The van der Waals surface area contributed by atoms with Gasteiger partial charge in [0.1, 0.15) is 0 Å². The van der Waals surface area contributed by atoms with Gasteiger partial charge in [-0.25, -0.2) is 0 Å². The van der Waals surface area contributed by atoms with Crippen molar-refractivity contribution in [1.29, 1.82) is 0 Å². The molecule has 0 aromatic carbocycles. The highest BCUT2D eigenvalue weighted by molar-refractivity contribution is 6.77. The van der Waals surface area contributed by atoms with Gasteiger partial charge in [0.25, 0.3) is 0 Å². The first kappa shape index (κ1) is 11.4. The van der Waals surface area contributed by atoms with Crippen LogP contribution in [0.15, 0.2) is 11.3 Å². The van der Waals surface area contributed by atoms with Crippen molar-refractivity contribution in [3.8, 4) is 0 Å². The third-order valence-electron chi connectivity index (χ3n) is 1.57. The van der Waals surface area contributed by atoms with Crippen LogP contribution in [0.1, 0.15) is 13.8 Å². The maximum absolute atomic E-state index is 11.1.